The van der Waals surface area contributed by atoms with Gasteiger partial charge in [0.1, 0.15) is 18.2 Å². The Morgan fingerprint density at radius 1 is 1.53 bits per heavy atom. The highest BCUT2D eigenvalue weighted by molar-refractivity contribution is 7.09. The average Bonchev–Trinajstić information content (AvgIpc) is 2.80. The van der Waals surface area contributed by atoms with Crippen LogP contribution in [0.5, 0.6) is 5.75 Å². The summed E-state index contributed by atoms with van der Waals surface area (Å²) in [6.07, 6.45) is 0.957. The van der Waals surface area contributed by atoms with Gasteiger partial charge in [0.2, 0.25) is 0 Å². The summed E-state index contributed by atoms with van der Waals surface area (Å²) in [4.78, 5) is 4.91. The van der Waals surface area contributed by atoms with Crippen LogP contribution in [-0.2, 0) is 6.61 Å². The fourth-order valence-corrected chi connectivity index (χ4v) is 1.95. The number of aliphatic hydroxyl groups is 1. The van der Waals surface area contributed by atoms with Gasteiger partial charge in [-0.1, -0.05) is 0 Å². The second kappa shape index (κ2) is 5.25. The maximum atomic E-state index is 13.0. The quantitative estimate of drug-likeness (QED) is 0.911. The smallest absolute Gasteiger partial charge is 0.125 e. The van der Waals surface area contributed by atoms with Crippen LogP contribution in [0.3, 0.4) is 0 Å². The van der Waals surface area contributed by atoms with E-state index in [0.29, 0.717) is 17.9 Å². The lowest BCUT2D eigenvalue weighted by molar-refractivity contribution is 0.189. The Bertz CT molecular complexity index is 485. The van der Waals surface area contributed by atoms with Crippen molar-refractivity contribution >= 4 is 11.3 Å². The molecule has 1 atom stereocenters. The molecule has 0 spiro atoms. The van der Waals surface area contributed by atoms with Crippen LogP contribution < -0.4 is 4.74 Å². The second-order valence-corrected chi connectivity index (χ2v) is 4.59. The molecule has 1 aromatic carbocycles. The van der Waals surface area contributed by atoms with Crippen LogP contribution in [0.1, 0.15) is 23.5 Å². The Labute approximate surface area is 103 Å². The van der Waals surface area contributed by atoms with Crippen molar-refractivity contribution in [2.24, 2.45) is 0 Å². The number of hydrogen-bond acceptors (Lipinski definition) is 4. The Morgan fingerprint density at radius 3 is 3.00 bits per heavy atom. The first-order valence-electron chi connectivity index (χ1n) is 5.14. The van der Waals surface area contributed by atoms with E-state index in [-0.39, 0.29) is 5.82 Å². The van der Waals surface area contributed by atoms with Crippen molar-refractivity contribution in [1.29, 1.82) is 0 Å². The lowest BCUT2D eigenvalue weighted by atomic mass is 10.1. The first kappa shape index (κ1) is 12.0. The van der Waals surface area contributed by atoms with Crippen LogP contribution in [-0.4, -0.2) is 10.1 Å². The highest BCUT2D eigenvalue weighted by Gasteiger charge is 2.10. The molecule has 1 aromatic heterocycles. The van der Waals surface area contributed by atoms with E-state index in [1.165, 1.54) is 29.5 Å². The number of aliphatic hydroxyl groups excluding tert-OH is 1. The summed E-state index contributed by atoms with van der Waals surface area (Å²) < 4.78 is 18.6. The van der Waals surface area contributed by atoms with Crippen molar-refractivity contribution in [3.05, 3.63) is 46.2 Å². The summed E-state index contributed by atoms with van der Waals surface area (Å²) >= 11 is 1.49. The van der Waals surface area contributed by atoms with Gasteiger partial charge in [0.05, 0.1) is 16.5 Å². The van der Waals surface area contributed by atoms with Gasteiger partial charge in [0, 0.05) is 11.8 Å². The largest absolute Gasteiger partial charge is 0.488 e. The predicted molar refractivity (Wildman–Crippen MR) is 63.5 cm³/mol. The minimum atomic E-state index is -0.762. The van der Waals surface area contributed by atoms with Gasteiger partial charge in [-0.3, -0.25) is 4.98 Å². The van der Waals surface area contributed by atoms with Crippen molar-refractivity contribution in [1.82, 2.24) is 4.98 Å². The van der Waals surface area contributed by atoms with Gasteiger partial charge >= 0.3 is 0 Å². The van der Waals surface area contributed by atoms with E-state index in [1.54, 1.807) is 18.6 Å². The third-order valence-corrected chi connectivity index (χ3v) is 3.03. The predicted octanol–water partition coefficient (Wildman–Crippen LogP) is 2.91. The molecule has 0 amide bonds. The van der Waals surface area contributed by atoms with Crippen molar-refractivity contribution < 1.29 is 14.2 Å². The summed E-state index contributed by atoms with van der Waals surface area (Å²) in [5.41, 5.74) is 2.17. The molecular formula is C12H12FNO2S. The maximum absolute atomic E-state index is 13.0. The highest BCUT2D eigenvalue weighted by Crippen LogP contribution is 2.26. The molecule has 0 fully saturated rings. The first-order valence-corrected chi connectivity index (χ1v) is 6.02. The molecule has 17 heavy (non-hydrogen) atoms. The number of rotatable bonds is 4. The molecule has 0 unspecified atom stereocenters. The number of hydrogen-bond donors (Lipinski definition) is 1. The molecule has 5 heteroatoms. The normalized spacial score (nSPS) is 12.4. The monoisotopic (exact) mass is 253 g/mol. The summed E-state index contributed by atoms with van der Waals surface area (Å²) in [5, 5.41) is 9.53. The summed E-state index contributed by atoms with van der Waals surface area (Å²) in [7, 11) is 0. The van der Waals surface area contributed by atoms with Gasteiger partial charge in [-0.25, -0.2) is 4.39 Å². The zero-order valence-electron chi connectivity index (χ0n) is 9.26. The number of nitrogens with zero attached hydrogens (tertiary/aromatic N) is 1. The van der Waals surface area contributed by atoms with Gasteiger partial charge in [-0.2, -0.15) is 0 Å². The number of halogens is 1. The summed E-state index contributed by atoms with van der Waals surface area (Å²) in [5.74, 6) is 0.112. The number of benzene rings is 1. The average molecular weight is 253 g/mol. The SMILES string of the molecule is C[C@@H](O)c1cc(F)ccc1OCc1cncs1. The van der Waals surface area contributed by atoms with Crippen LogP contribution >= 0.6 is 11.3 Å². The molecule has 2 aromatic rings. The molecule has 1 N–H and O–H groups in total. The van der Waals surface area contributed by atoms with E-state index in [0.717, 1.165) is 4.88 Å². The van der Waals surface area contributed by atoms with Crippen LogP contribution in [0.15, 0.2) is 29.9 Å². The summed E-state index contributed by atoms with van der Waals surface area (Å²) in [6.45, 7) is 1.95. The Kier molecular flexibility index (Phi) is 3.71. The van der Waals surface area contributed by atoms with Gasteiger partial charge in [0.15, 0.2) is 0 Å². The standard InChI is InChI=1S/C12H12FNO2S/c1-8(15)11-4-9(13)2-3-12(11)16-6-10-5-14-7-17-10/h2-5,7-8,15H,6H2,1H3/t8-/m1/s1. The fourth-order valence-electron chi connectivity index (χ4n) is 1.44. The molecule has 0 radical (unpaired) electrons. The van der Waals surface area contributed by atoms with Crippen molar-refractivity contribution in [2.75, 3.05) is 0 Å². The summed E-state index contributed by atoms with van der Waals surface area (Å²) in [6, 6.07) is 4.12. The van der Waals surface area contributed by atoms with Gasteiger partial charge in [-0.15, -0.1) is 11.3 Å². The molecule has 0 saturated heterocycles. The lowest BCUT2D eigenvalue weighted by Crippen LogP contribution is -2.00. The zero-order chi connectivity index (χ0) is 12.3. The third kappa shape index (κ3) is 3.01. The Morgan fingerprint density at radius 2 is 2.35 bits per heavy atom. The van der Waals surface area contributed by atoms with Crippen molar-refractivity contribution in [2.45, 2.75) is 19.6 Å². The van der Waals surface area contributed by atoms with Crippen LogP contribution in [0.2, 0.25) is 0 Å². The van der Waals surface area contributed by atoms with E-state index in [4.69, 9.17) is 4.74 Å². The van der Waals surface area contributed by atoms with E-state index in [9.17, 15) is 9.50 Å². The molecule has 1 heterocycles. The van der Waals surface area contributed by atoms with E-state index >= 15 is 0 Å². The van der Waals surface area contributed by atoms with Crippen LogP contribution in [0.25, 0.3) is 0 Å². The number of ether oxygens (including phenoxy) is 1. The molecule has 2 rings (SSSR count). The van der Waals surface area contributed by atoms with Crippen molar-refractivity contribution in [3.63, 3.8) is 0 Å². The molecule has 90 valence electrons. The maximum Gasteiger partial charge on any atom is 0.125 e. The number of aromatic nitrogens is 1. The van der Waals surface area contributed by atoms with Crippen molar-refractivity contribution in [3.8, 4) is 5.75 Å². The lowest BCUT2D eigenvalue weighted by Gasteiger charge is -2.12. The second-order valence-electron chi connectivity index (χ2n) is 3.61. The van der Waals surface area contributed by atoms with Crippen LogP contribution in [0, 0.1) is 5.82 Å². The van der Waals surface area contributed by atoms with Gasteiger partial charge < -0.3 is 9.84 Å². The third-order valence-electron chi connectivity index (χ3n) is 2.28. The molecule has 0 aliphatic heterocycles. The first-order chi connectivity index (χ1) is 8.16. The van der Waals surface area contributed by atoms with E-state index in [2.05, 4.69) is 4.98 Å². The molecule has 0 saturated carbocycles. The minimum Gasteiger partial charge on any atom is -0.488 e. The molecule has 0 aliphatic carbocycles. The van der Waals surface area contributed by atoms with Gasteiger partial charge in [0.25, 0.3) is 0 Å². The van der Waals surface area contributed by atoms with E-state index < -0.39 is 6.10 Å². The minimum absolute atomic E-state index is 0.371. The molecule has 0 aliphatic rings. The fraction of sp³-hybridized carbons (Fsp3) is 0.250. The highest BCUT2D eigenvalue weighted by atomic mass is 32.1. The molecule has 3 nitrogen and oxygen atoms in total. The van der Waals surface area contributed by atoms with Crippen LogP contribution in [0.4, 0.5) is 4.39 Å². The Hall–Kier alpha value is -1.46. The van der Waals surface area contributed by atoms with Gasteiger partial charge in [-0.05, 0) is 25.1 Å². The Balaban J connectivity index is 2.14. The number of thiazole rings is 1. The topological polar surface area (TPSA) is 42.4 Å². The molecular weight excluding hydrogens is 241 g/mol. The molecule has 0 bridgehead atoms. The van der Waals surface area contributed by atoms with E-state index in [1.807, 2.05) is 0 Å². The zero-order valence-corrected chi connectivity index (χ0v) is 10.1.